The molecule has 1 aliphatic rings. The molecule has 1 aromatic heterocycles. The largest absolute Gasteiger partial charge is 0.481 e. The van der Waals surface area contributed by atoms with Crippen LogP contribution in [0, 0.1) is 0 Å². The van der Waals surface area contributed by atoms with Gasteiger partial charge in [0.25, 0.3) is 5.91 Å². The van der Waals surface area contributed by atoms with Crippen LogP contribution in [0.2, 0.25) is 0 Å². The Balaban J connectivity index is 2.23. The van der Waals surface area contributed by atoms with Crippen LogP contribution < -0.4 is 0 Å². The number of halogens is 1. The van der Waals surface area contributed by atoms with Crippen molar-refractivity contribution in [1.82, 2.24) is 4.90 Å². The van der Waals surface area contributed by atoms with Gasteiger partial charge in [0, 0.05) is 6.54 Å². The van der Waals surface area contributed by atoms with E-state index in [-0.39, 0.29) is 23.8 Å². The standard InChI is InChI=1S/C11H12BrNO6S/c12-9-2-1-8(19-9)11(16)13-3-4-20(17,18)6-7(13)5-10(14)15/h1-2,7H,3-6H2,(H,14,15). The molecule has 1 aromatic rings. The summed E-state index contributed by atoms with van der Waals surface area (Å²) in [5, 5.41) is 8.85. The fourth-order valence-corrected chi connectivity index (χ4v) is 3.93. The molecule has 1 unspecified atom stereocenters. The molecule has 1 atom stereocenters. The zero-order valence-corrected chi connectivity index (χ0v) is 12.7. The molecule has 0 spiro atoms. The van der Waals surface area contributed by atoms with E-state index >= 15 is 0 Å². The number of nitrogens with zero attached hydrogens (tertiary/aromatic N) is 1. The molecule has 0 saturated carbocycles. The lowest BCUT2D eigenvalue weighted by Crippen LogP contribution is -2.51. The third-order valence-electron chi connectivity index (χ3n) is 2.99. The molecular weight excluding hydrogens is 354 g/mol. The van der Waals surface area contributed by atoms with Gasteiger partial charge >= 0.3 is 5.97 Å². The van der Waals surface area contributed by atoms with Crippen LogP contribution in [0.3, 0.4) is 0 Å². The fourth-order valence-electron chi connectivity index (χ4n) is 2.10. The summed E-state index contributed by atoms with van der Waals surface area (Å²) in [6.45, 7) is -0.0303. The summed E-state index contributed by atoms with van der Waals surface area (Å²) < 4.78 is 28.7. The highest BCUT2D eigenvalue weighted by molar-refractivity contribution is 9.10. The molecule has 1 N–H and O–H groups in total. The second kappa shape index (κ2) is 5.57. The summed E-state index contributed by atoms with van der Waals surface area (Å²) in [7, 11) is -3.32. The van der Waals surface area contributed by atoms with Crippen molar-refractivity contribution in [3.8, 4) is 0 Å². The summed E-state index contributed by atoms with van der Waals surface area (Å²) in [5.74, 6) is -2.11. The van der Waals surface area contributed by atoms with Crippen molar-refractivity contribution >= 4 is 37.6 Å². The van der Waals surface area contributed by atoms with Crippen molar-refractivity contribution in [2.45, 2.75) is 12.5 Å². The average molecular weight is 366 g/mol. The van der Waals surface area contributed by atoms with Gasteiger partial charge in [-0.15, -0.1) is 0 Å². The first-order chi connectivity index (χ1) is 9.28. The van der Waals surface area contributed by atoms with Gasteiger partial charge in [0.2, 0.25) is 0 Å². The number of carbonyl (C=O) groups excluding carboxylic acids is 1. The quantitative estimate of drug-likeness (QED) is 0.847. The zero-order valence-electron chi connectivity index (χ0n) is 10.3. The Morgan fingerprint density at radius 1 is 1.45 bits per heavy atom. The summed E-state index contributed by atoms with van der Waals surface area (Å²) in [5.41, 5.74) is 0. The Labute approximate surface area is 123 Å². The van der Waals surface area contributed by atoms with Crippen LogP contribution in [0.5, 0.6) is 0 Å². The van der Waals surface area contributed by atoms with Crippen molar-refractivity contribution in [1.29, 1.82) is 0 Å². The van der Waals surface area contributed by atoms with Gasteiger partial charge in [0.15, 0.2) is 20.3 Å². The number of carboxylic acids is 1. The molecule has 1 saturated heterocycles. The maximum atomic E-state index is 12.2. The number of carbonyl (C=O) groups is 2. The highest BCUT2D eigenvalue weighted by Crippen LogP contribution is 2.21. The van der Waals surface area contributed by atoms with Crippen molar-refractivity contribution in [3.05, 3.63) is 22.6 Å². The minimum Gasteiger partial charge on any atom is -0.481 e. The van der Waals surface area contributed by atoms with Crippen molar-refractivity contribution in [2.75, 3.05) is 18.1 Å². The lowest BCUT2D eigenvalue weighted by molar-refractivity contribution is -0.138. The van der Waals surface area contributed by atoms with Crippen LogP contribution in [0.25, 0.3) is 0 Å². The van der Waals surface area contributed by atoms with Crippen LogP contribution in [0.1, 0.15) is 17.0 Å². The van der Waals surface area contributed by atoms with Crippen LogP contribution in [0.4, 0.5) is 0 Å². The third-order valence-corrected chi connectivity index (χ3v) is 5.11. The smallest absolute Gasteiger partial charge is 0.305 e. The second-order valence-electron chi connectivity index (χ2n) is 4.47. The van der Waals surface area contributed by atoms with E-state index in [1.165, 1.54) is 11.0 Å². The summed E-state index contributed by atoms with van der Waals surface area (Å²) in [4.78, 5) is 24.3. The molecule has 0 radical (unpaired) electrons. The Hall–Kier alpha value is -1.35. The van der Waals surface area contributed by atoms with Gasteiger partial charge in [0.1, 0.15) is 0 Å². The molecule has 0 aliphatic carbocycles. The van der Waals surface area contributed by atoms with Crippen LogP contribution in [0.15, 0.2) is 21.2 Å². The van der Waals surface area contributed by atoms with E-state index in [1.807, 2.05) is 0 Å². The molecule has 0 bridgehead atoms. The van der Waals surface area contributed by atoms with E-state index in [4.69, 9.17) is 9.52 Å². The molecule has 1 aliphatic heterocycles. The van der Waals surface area contributed by atoms with Gasteiger partial charge in [-0.25, -0.2) is 8.42 Å². The predicted molar refractivity (Wildman–Crippen MR) is 72.1 cm³/mol. The number of sulfone groups is 1. The maximum absolute atomic E-state index is 12.2. The molecule has 2 rings (SSSR count). The summed E-state index contributed by atoms with van der Waals surface area (Å²) >= 11 is 3.07. The molecule has 2 heterocycles. The number of aliphatic carboxylic acids is 1. The number of hydrogen-bond acceptors (Lipinski definition) is 5. The average Bonchev–Trinajstić information content (AvgIpc) is 2.73. The fraction of sp³-hybridized carbons (Fsp3) is 0.455. The normalized spacial score (nSPS) is 21.6. The second-order valence-corrected chi connectivity index (χ2v) is 7.48. The van der Waals surface area contributed by atoms with Gasteiger partial charge in [-0.05, 0) is 28.1 Å². The topological polar surface area (TPSA) is 105 Å². The van der Waals surface area contributed by atoms with Crippen LogP contribution in [-0.2, 0) is 14.6 Å². The molecule has 7 nitrogen and oxygen atoms in total. The number of rotatable bonds is 3. The molecule has 0 aromatic carbocycles. The number of carboxylic acid groups (broad SMARTS) is 1. The van der Waals surface area contributed by atoms with Gasteiger partial charge in [-0.3, -0.25) is 9.59 Å². The van der Waals surface area contributed by atoms with Crippen molar-refractivity contribution in [3.63, 3.8) is 0 Å². The lowest BCUT2D eigenvalue weighted by atomic mass is 10.2. The minimum absolute atomic E-state index is 0.0303. The SMILES string of the molecule is O=C(O)CC1CS(=O)(=O)CCN1C(=O)c1ccc(Br)o1. The van der Waals surface area contributed by atoms with Crippen LogP contribution in [-0.4, -0.2) is 54.4 Å². The van der Waals surface area contributed by atoms with E-state index < -0.39 is 34.2 Å². The Morgan fingerprint density at radius 3 is 2.70 bits per heavy atom. The molecule has 1 amide bonds. The predicted octanol–water partition coefficient (Wildman–Crippen LogP) is 0.756. The monoisotopic (exact) mass is 365 g/mol. The Bertz CT molecular complexity index is 637. The first-order valence-corrected chi connectivity index (χ1v) is 8.38. The molecule has 110 valence electrons. The summed E-state index contributed by atoms with van der Waals surface area (Å²) in [6.07, 6.45) is -0.410. The molecule has 20 heavy (non-hydrogen) atoms. The molecular formula is C11H12BrNO6S. The first-order valence-electron chi connectivity index (χ1n) is 5.77. The van der Waals surface area contributed by atoms with E-state index in [0.717, 1.165) is 0 Å². The lowest BCUT2D eigenvalue weighted by Gasteiger charge is -2.34. The number of furan rings is 1. The molecule has 1 fully saturated rings. The van der Waals surface area contributed by atoms with Crippen molar-refractivity contribution < 1.29 is 27.5 Å². The maximum Gasteiger partial charge on any atom is 0.305 e. The highest BCUT2D eigenvalue weighted by Gasteiger charge is 2.36. The van der Waals surface area contributed by atoms with E-state index in [1.54, 1.807) is 6.07 Å². The van der Waals surface area contributed by atoms with E-state index in [0.29, 0.717) is 4.67 Å². The molecule has 9 heteroatoms. The Morgan fingerprint density at radius 2 is 2.15 bits per heavy atom. The van der Waals surface area contributed by atoms with E-state index in [9.17, 15) is 18.0 Å². The van der Waals surface area contributed by atoms with Crippen LogP contribution >= 0.6 is 15.9 Å². The summed E-state index contributed by atoms with van der Waals surface area (Å²) in [6, 6.07) is 2.12. The third kappa shape index (κ3) is 3.40. The zero-order chi connectivity index (χ0) is 14.9. The van der Waals surface area contributed by atoms with Crippen molar-refractivity contribution in [2.24, 2.45) is 0 Å². The van der Waals surface area contributed by atoms with Gasteiger partial charge in [0.05, 0.1) is 24.0 Å². The van der Waals surface area contributed by atoms with E-state index in [2.05, 4.69) is 15.9 Å². The number of amides is 1. The Kier molecular flexibility index (Phi) is 4.19. The van der Waals surface area contributed by atoms with Gasteiger partial charge in [-0.1, -0.05) is 0 Å². The van der Waals surface area contributed by atoms with Gasteiger partial charge in [-0.2, -0.15) is 0 Å². The minimum atomic E-state index is -3.32. The number of hydrogen-bond donors (Lipinski definition) is 1. The highest BCUT2D eigenvalue weighted by atomic mass is 79.9. The first kappa shape index (κ1) is 15.0. The van der Waals surface area contributed by atoms with Gasteiger partial charge < -0.3 is 14.4 Å².